The van der Waals surface area contributed by atoms with Crippen molar-refractivity contribution < 1.29 is 22.2 Å². The standard InChI is InChI=1S/C60H34N2O5S/c63-68(35-19-23-55-43(27-35)47-29-45-41-25-33(17-21-53(41)64-57(45)31-59(47)66-55)61-49-13-5-1-9-37(49)38-10-2-6-14-50(38)61)36-20-24-56-44(28-36)48-30-46-42-26-34(18-22-54(42)65-58(46)32-60(48)67-56)62-51-15-7-3-11-39(51)40-12-4-8-16-52(40)62/h1-32,37,49H. The lowest BCUT2D eigenvalue weighted by molar-refractivity contribution is 0.595. The molecular formula is C60H34N2O5S. The van der Waals surface area contributed by atoms with Gasteiger partial charge in [-0.3, -0.25) is 0 Å². The van der Waals surface area contributed by atoms with Gasteiger partial charge in [-0.2, -0.15) is 0 Å². The SMILES string of the molecule is [O-][S+](c1ccc2oc3cc4oc5ccc(N6c7ccccc7C7C=CC=CC76)cc5c4cc3c2c1)c1ccc2oc3cc4oc5ccc(-n6c7ccccc7c7ccccc76)cc5c4cc3c2c1. The van der Waals surface area contributed by atoms with Gasteiger partial charge < -0.3 is 31.7 Å². The Morgan fingerprint density at radius 3 is 1.43 bits per heavy atom. The average Bonchev–Trinajstić information content (AvgIpc) is 4.23. The second-order valence-corrected chi connectivity index (χ2v) is 19.6. The number of furan rings is 4. The third kappa shape index (κ3) is 5.02. The zero-order chi connectivity index (χ0) is 44.4. The van der Waals surface area contributed by atoms with Crippen molar-refractivity contribution in [3.05, 3.63) is 200 Å². The van der Waals surface area contributed by atoms with Gasteiger partial charge in [0, 0.05) is 112 Å². The Morgan fingerprint density at radius 1 is 0.382 bits per heavy atom. The monoisotopic (exact) mass is 894 g/mol. The molecular weight excluding hydrogens is 861 g/mol. The minimum Gasteiger partial charge on any atom is -0.606 e. The van der Waals surface area contributed by atoms with Gasteiger partial charge in [-0.15, -0.1) is 0 Å². The summed E-state index contributed by atoms with van der Waals surface area (Å²) < 4.78 is 42.7. The number of para-hydroxylation sites is 3. The molecule has 9 aromatic carbocycles. The van der Waals surface area contributed by atoms with E-state index in [1.165, 1.54) is 22.0 Å². The highest BCUT2D eigenvalue weighted by Gasteiger charge is 2.37. The first-order valence-corrected chi connectivity index (χ1v) is 24.0. The quantitative estimate of drug-likeness (QED) is 0.164. The van der Waals surface area contributed by atoms with Crippen molar-refractivity contribution in [2.24, 2.45) is 0 Å². The minimum atomic E-state index is -1.51. The molecule has 0 fully saturated rings. The fourth-order valence-corrected chi connectivity index (χ4v) is 12.6. The second kappa shape index (κ2) is 13.4. The maximum absolute atomic E-state index is 14.6. The van der Waals surface area contributed by atoms with E-state index in [4.69, 9.17) is 17.7 Å². The van der Waals surface area contributed by atoms with Crippen LogP contribution in [0.1, 0.15) is 11.5 Å². The Balaban J connectivity index is 0.784. The summed E-state index contributed by atoms with van der Waals surface area (Å²) in [5.41, 5.74) is 13.1. The van der Waals surface area contributed by atoms with Crippen molar-refractivity contribution in [2.45, 2.75) is 21.8 Å². The van der Waals surface area contributed by atoms with Crippen molar-refractivity contribution in [1.82, 2.24) is 4.57 Å². The summed E-state index contributed by atoms with van der Waals surface area (Å²) in [4.78, 5) is 3.81. The van der Waals surface area contributed by atoms with Crippen LogP contribution in [0.5, 0.6) is 0 Å². The maximum atomic E-state index is 14.6. The van der Waals surface area contributed by atoms with E-state index in [1.807, 2.05) is 48.5 Å². The molecule has 2 aliphatic rings. The van der Waals surface area contributed by atoms with Gasteiger partial charge in [0.05, 0.1) is 17.1 Å². The van der Waals surface area contributed by atoms with Crippen LogP contribution in [-0.2, 0) is 11.2 Å². The third-order valence-electron chi connectivity index (χ3n) is 14.5. The molecule has 1 aliphatic heterocycles. The van der Waals surface area contributed by atoms with Crippen LogP contribution in [0.4, 0.5) is 11.4 Å². The van der Waals surface area contributed by atoms with E-state index in [9.17, 15) is 4.55 Å². The summed E-state index contributed by atoms with van der Waals surface area (Å²) in [6.45, 7) is 0. The summed E-state index contributed by atoms with van der Waals surface area (Å²) in [6, 6.07) is 58.8. The Hall–Kier alpha value is -8.43. The first kappa shape index (κ1) is 36.7. The van der Waals surface area contributed by atoms with Crippen molar-refractivity contribution in [2.75, 3.05) is 4.90 Å². The molecule has 5 aromatic heterocycles. The normalized spacial score (nSPS) is 16.4. The predicted molar refractivity (Wildman–Crippen MR) is 274 cm³/mol. The summed E-state index contributed by atoms with van der Waals surface area (Å²) in [5.74, 6) is 0.299. The number of hydrogen-bond donors (Lipinski definition) is 0. The largest absolute Gasteiger partial charge is 0.606 e. The third-order valence-corrected chi connectivity index (χ3v) is 15.9. The van der Waals surface area contributed by atoms with Crippen LogP contribution in [-0.4, -0.2) is 15.2 Å². The van der Waals surface area contributed by atoms with Crippen LogP contribution in [0, 0.1) is 0 Å². The summed E-state index contributed by atoms with van der Waals surface area (Å²) in [5, 5.41) is 10.2. The fourth-order valence-electron chi connectivity index (χ4n) is 11.5. The number of aromatic nitrogens is 1. The topological polar surface area (TPSA) is 83.8 Å². The zero-order valence-corrected chi connectivity index (χ0v) is 36.8. The highest BCUT2D eigenvalue weighted by Crippen LogP contribution is 2.49. The fraction of sp³-hybridized carbons (Fsp3) is 0.0333. The van der Waals surface area contributed by atoms with E-state index in [-0.39, 0.29) is 6.04 Å². The van der Waals surface area contributed by atoms with Crippen LogP contribution >= 0.6 is 0 Å². The van der Waals surface area contributed by atoms with E-state index >= 15 is 0 Å². The second-order valence-electron chi connectivity index (χ2n) is 18.1. The van der Waals surface area contributed by atoms with Gasteiger partial charge in [0.25, 0.3) is 0 Å². The average molecular weight is 895 g/mol. The molecule has 3 atom stereocenters. The molecule has 0 N–H and O–H groups in total. The molecule has 16 rings (SSSR count). The number of fused-ring (bicyclic) bond motifs is 18. The van der Waals surface area contributed by atoms with Crippen LogP contribution in [0.15, 0.2) is 222 Å². The van der Waals surface area contributed by atoms with E-state index in [2.05, 4.69) is 155 Å². The molecule has 0 bridgehead atoms. The van der Waals surface area contributed by atoms with Crippen LogP contribution in [0.3, 0.4) is 0 Å². The van der Waals surface area contributed by atoms with Gasteiger partial charge in [-0.1, -0.05) is 78.9 Å². The van der Waals surface area contributed by atoms with Crippen molar-refractivity contribution >= 4 is 132 Å². The molecule has 0 spiro atoms. The number of anilines is 2. The van der Waals surface area contributed by atoms with Gasteiger partial charge in [0.15, 0.2) is 9.79 Å². The number of nitrogens with zero attached hydrogens (tertiary/aromatic N) is 2. The molecule has 0 saturated heterocycles. The molecule has 7 nitrogen and oxygen atoms in total. The predicted octanol–water partition coefficient (Wildman–Crippen LogP) is 16.3. The van der Waals surface area contributed by atoms with E-state index in [0.29, 0.717) is 21.3 Å². The van der Waals surface area contributed by atoms with Gasteiger partial charge in [0.2, 0.25) is 0 Å². The molecule has 68 heavy (non-hydrogen) atoms. The molecule has 0 amide bonds. The van der Waals surface area contributed by atoms with Gasteiger partial charge in [-0.05, 0) is 96.6 Å². The van der Waals surface area contributed by atoms with Gasteiger partial charge in [-0.25, -0.2) is 0 Å². The molecule has 0 saturated carbocycles. The number of benzene rings is 9. The van der Waals surface area contributed by atoms with Crippen LogP contribution in [0.25, 0.3) is 115 Å². The molecule has 14 aromatic rings. The molecule has 320 valence electrons. The molecule has 1 aliphatic carbocycles. The molecule has 3 unspecified atom stereocenters. The van der Waals surface area contributed by atoms with E-state index < -0.39 is 11.2 Å². The number of hydrogen-bond acceptors (Lipinski definition) is 6. The first-order valence-electron chi connectivity index (χ1n) is 22.9. The summed E-state index contributed by atoms with van der Waals surface area (Å²) in [6.07, 6.45) is 8.90. The Bertz CT molecular complexity index is 4520. The minimum absolute atomic E-state index is 0.199. The Kier molecular flexibility index (Phi) is 7.22. The number of allylic oxidation sites excluding steroid dienone is 2. The molecule has 8 heteroatoms. The van der Waals surface area contributed by atoms with Crippen molar-refractivity contribution in [3.63, 3.8) is 0 Å². The molecule has 6 heterocycles. The first-order chi connectivity index (χ1) is 33.6. The van der Waals surface area contributed by atoms with Crippen molar-refractivity contribution in [1.29, 1.82) is 0 Å². The zero-order valence-electron chi connectivity index (χ0n) is 36.0. The van der Waals surface area contributed by atoms with E-state index in [1.54, 1.807) is 0 Å². The summed E-state index contributed by atoms with van der Waals surface area (Å²) >= 11 is -1.51. The van der Waals surface area contributed by atoms with E-state index in [0.717, 1.165) is 105 Å². The van der Waals surface area contributed by atoms with Gasteiger partial charge in [0.1, 0.15) is 44.7 Å². The number of rotatable bonds is 4. The molecule has 0 radical (unpaired) electrons. The highest BCUT2D eigenvalue weighted by molar-refractivity contribution is 7.91. The van der Waals surface area contributed by atoms with Crippen LogP contribution in [0.2, 0.25) is 0 Å². The van der Waals surface area contributed by atoms with Crippen LogP contribution < -0.4 is 4.90 Å². The maximum Gasteiger partial charge on any atom is 0.159 e. The van der Waals surface area contributed by atoms with Crippen molar-refractivity contribution in [3.8, 4) is 5.69 Å². The smallest absolute Gasteiger partial charge is 0.159 e. The lowest BCUT2D eigenvalue weighted by atomic mass is 9.91. The van der Waals surface area contributed by atoms with Gasteiger partial charge >= 0.3 is 0 Å². The summed E-state index contributed by atoms with van der Waals surface area (Å²) in [7, 11) is 0. The Morgan fingerprint density at radius 2 is 0.838 bits per heavy atom. The Labute approximate surface area is 389 Å². The lowest BCUT2D eigenvalue weighted by Gasteiger charge is -2.28. The lowest BCUT2D eigenvalue weighted by Crippen LogP contribution is -2.28. The highest BCUT2D eigenvalue weighted by atomic mass is 32.2.